The third-order valence-corrected chi connectivity index (χ3v) is 2.26. The van der Waals surface area contributed by atoms with Crippen LogP contribution in [0.5, 0.6) is 0 Å². The summed E-state index contributed by atoms with van der Waals surface area (Å²) in [5, 5.41) is 0. The Morgan fingerprint density at radius 1 is 1.41 bits per heavy atom. The van der Waals surface area contributed by atoms with Crippen LogP contribution in [-0.2, 0) is 11.3 Å². The highest BCUT2D eigenvalue weighted by Crippen LogP contribution is 2.06. The van der Waals surface area contributed by atoms with Gasteiger partial charge in [-0.3, -0.25) is 4.79 Å². The monoisotopic (exact) mass is 260 g/mol. The summed E-state index contributed by atoms with van der Waals surface area (Å²) in [5.74, 6) is -0.271. The number of hydrogen-bond donors (Lipinski definition) is 1. The van der Waals surface area contributed by atoms with Gasteiger partial charge in [0, 0.05) is 26.1 Å². The Hall–Kier alpha value is -1.13. The highest BCUT2D eigenvalue weighted by molar-refractivity contribution is 5.85. The minimum atomic E-state index is -0.270. The molecule has 1 amide bonds. The van der Waals surface area contributed by atoms with Gasteiger partial charge in [-0.1, -0.05) is 12.1 Å². The molecular formula is C12H18ClFN2O. The summed E-state index contributed by atoms with van der Waals surface area (Å²) in [4.78, 5) is 13.2. The van der Waals surface area contributed by atoms with Gasteiger partial charge in [0.25, 0.3) is 0 Å². The Bertz CT molecular complexity index is 354. The van der Waals surface area contributed by atoms with Crippen molar-refractivity contribution < 1.29 is 9.18 Å². The van der Waals surface area contributed by atoms with Crippen molar-refractivity contribution in [2.45, 2.75) is 25.9 Å². The van der Waals surface area contributed by atoms with E-state index in [4.69, 9.17) is 5.73 Å². The Morgan fingerprint density at radius 2 is 1.94 bits per heavy atom. The van der Waals surface area contributed by atoms with E-state index in [-0.39, 0.29) is 30.2 Å². The van der Waals surface area contributed by atoms with Crippen molar-refractivity contribution in [1.29, 1.82) is 0 Å². The SMILES string of the molecule is CC(N)CC(=O)N(C)Cc1ccc(F)cc1.Cl. The van der Waals surface area contributed by atoms with Crippen LogP contribution < -0.4 is 5.73 Å². The van der Waals surface area contributed by atoms with Crippen molar-refractivity contribution in [2.75, 3.05) is 7.05 Å². The fourth-order valence-corrected chi connectivity index (χ4v) is 1.38. The van der Waals surface area contributed by atoms with Crippen molar-refractivity contribution >= 4 is 18.3 Å². The molecule has 1 aromatic rings. The quantitative estimate of drug-likeness (QED) is 0.899. The third-order valence-electron chi connectivity index (χ3n) is 2.26. The fraction of sp³-hybridized carbons (Fsp3) is 0.417. The van der Waals surface area contributed by atoms with E-state index in [1.54, 1.807) is 31.0 Å². The lowest BCUT2D eigenvalue weighted by Gasteiger charge is -2.18. The zero-order valence-corrected chi connectivity index (χ0v) is 10.8. The van der Waals surface area contributed by atoms with E-state index < -0.39 is 0 Å². The molecule has 0 heterocycles. The Labute approximate surface area is 107 Å². The Balaban J connectivity index is 0.00000256. The zero-order valence-electron chi connectivity index (χ0n) is 10.0. The molecule has 96 valence electrons. The van der Waals surface area contributed by atoms with Gasteiger partial charge in [0.05, 0.1) is 0 Å². The molecule has 0 saturated heterocycles. The molecule has 1 atom stereocenters. The van der Waals surface area contributed by atoms with Gasteiger partial charge in [0.2, 0.25) is 5.91 Å². The second-order valence-corrected chi connectivity index (χ2v) is 4.06. The molecule has 0 aliphatic heterocycles. The molecule has 0 aromatic heterocycles. The van der Waals surface area contributed by atoms with Crippen LogP contribution in [0.4, 0.5) is 4.39 Å². The van der Waals surface area contributed by atoms with E-state index in [9.17, 15) is 9.18 Å². The molecule has 1 rings (SSSR count). The predicted molar refractivity (Wildman–Crippen MR) is 68.4 cm³/mol. The number of amides is 1. The third kappa shape index (κ3) is 5.65. The Morgan fingerprint density at radius 3 is 2.41 bits per heavy atom. The summed E-state index contributed by atoms with van der Waals surface area (Å²) in [6.07, 6.45) is 0.331. The second kappa shape index (κ2) is 7.25. The van der Waals surface area contributed by atoms with Crippen molar-refractivity contribution in [1.82, 2.24) is 4.90 Å². The number of nitrogens with zero attached hydrogens (tertiary/aromatic N) is 1. The van der Waals surface area contributed by atoms with Crippen LogP contribution in [0.3, 0.4) is 0 Å². The second-order valence-electron chi connectivity index (χ2n) is 4.06. The first kappa shape index (κ1) is 15.9. The van der Waals surface area contributed by atoms with Crippen LogP contribution in [0.25, 0.3) is 0 Å². The maximum absolute atomic E-state index is 12.7. The number of halogens is 2. The van der Waals surface area contributed by atoms with Crippen molar-refractivity contribution in [2.24, 2.45) is 5.73 Å². The minimum absolute atomic E-state index is 0. The standard InChI is InChI=1S/C12H17FN2O.ClH/c1-9(14)7-12(16)15(2)8-10-3-5-11(13)6-4-10;/h3-6,9H,7-8,14H2,1-2H3;1H. The summed E-state index contributed by atoms with van der Waals surface area (Å²) in [7, 11) is 1.72. The van der Waals surface area contributed by atoms with E-state index >= 15 is 0 Å². The van der Waals surface area contributed by atoms with Crippen LogP contribution in [-0.4, -0.2) is 23.9 Å². The fourth-order valence-electron chi connectivity index (χ4n) is 1.38. The van der Waals surface area contributed by atoms with Crippen LogP contribution in [0.15, 0.2) is 24.3 Å². The summed E-state index contributed by atoms with van der Waals surface area (Å²) < 4.78 is 12.7. The summed E-state index contributed by atoms with van der Waals surface area (Å²) >= 11 is 0. The van der Waals surface area contributed by atoms with E-state index in [2.05, 4.69) is 0 Å². The lowest BCUT2D eigenvalue weighted by atomic mass is 10.2. The smallest absolute Gasteiger partial charge is 0.224 e. The highest BCUT2D eigenvalue weighted by Gasteiger charge is 2.10. The van der Waals surface area contributed by atoms with Gasteiger partial charge in [0.1, 0.15) is 5.82 Å². The molecule has 0 saturated carbocycles. The van der Waals surface area contributed by atoms with Crippen molar-refractivity contribution in [3.8, 4) is 0 Å². The van der Waals surface area contributed by atoms with Crippen LogP contribution in [0.1, 0.15) is 18.9 Å². The number of nitrogens with two attached hydrogens (primary N) is 1. The van der Waals surface area contributed by atoms with Gasteiger partial charge in [-0.25, -0.2) is 4.39 Å². The minimum Gasteiger partial charge on any atom is -0.341 e. The van der Waals surface area contributed by atoms with Crippen LogP contribution >= 0.6 is 12.4 Å². The van der Waals surface area contributed by atoms with E-state index in [0.717, 1.165) is 5.56 Å². The van der Waals surface area contributed by atoms with Crippen LogP contribution in [0.2, 0.25) is 0 Å². The molecule has 3 nitrogen and oxygen atoms in total. The molecule has 17 heavy (non-hydrogen) atoms. The van der Waals surface area contributed by atoms with E-state index in [0.29, 0.717) is 13.0 Å². The molecule has 0 fully saturated rings. The molecular weight excluding hydrogens is 243 g/mol. The van der Waals surface area contributed by atoms with Gasteiger partial charge < -0.3 is 10.6 Å². The summed E-state index contributed by atoms with van der Waals surface area (Å²) in [6.45, 7) is 2.27. The summed E-state index contributed by atoms with van der Waals surface area (Å²) in [6, 6.07) is 5.98. The first-order valence-electron chi connectivity index (χ1n) is 5.23. The number of hydrogen-bond acceptors (Lipinski definition) is 2. The molecule has 0 aliphatic carbocycles. The molecule has 1 aromatic carbocycles. The van der Waals surface area contributed by atoms with Gasteiger partial charge in [-0.05, 0) is 24.6 Å². The first-order valence-corrected chi connectivity index (χ1v) is 5.23. The number of rotatable bonds is 4. The number of carbonyl (C=O) groups is 1. The Kier molecular flexibility index (Phi) is 6.76. The maximum atomic E-state index is 12.7. The maximum Gasteiger partial charge on any atom is 0.224 e. The molecule has 0 spiro atoms. The predicted octanol–water partition coefficient (Wildman–Crippen LogP) is 1.94. The molecule has 0 radical (unpaired) electrons. The van der Waals surface area contributed by atoms with Gasteiger partial charge >= 0.3 is 0 Å². The van der Waals surface area contributed by atoms with E-state index in [1.807, 2.05) is 0 Å². The van der Waals surface area contributed by atoms with Crippen molar-refractivity contribution in [3.05, 3.63) is 35.6 Å². The largest absolute Gasteiger partial charge is 0.341 e. The lowest BCUT2D eigenvalue weighted by Crippen LogP contribution is -2.31. The molecule has 1 unspecified atom stereocenters. The molecule has 5 heteroatoms. The van der Waals surface area contributed by atoms with Gasteiger partial charge in [-0.15, -0.1) is 12.4 Å². The molecule has 0 bridgehead atoms. The normalized spacial score (nSPS) is 11.5. The first-order chi connectivity index (χ1) is 7.49. The zero-order chi connectivity index (χ0) is 12.1. The highest BCUT2D eigenvalue weighted by atomic mass is 35.5. The number of benzene rings is 1. The lowest BCUT2D eigenvalue weighted by molar-refractivity contribution is -0.130. The van der Waals surface area contributed by atoms with Crippen LogP contribution in [0, 0.1) is 5.82 Å². The van der Waals surface area contributed by atoms with Crippen molar-refractivity contribution in [3.63, 3.8) is 0 Å². The molecule has 0 aliphatic rings. The van der Waals surface area contributed by atoms with Gasteiger partial charge in [-0.2, -0.15) is 0 Å². The topological polar surface area (TPSA) is 46.3 Å². The average Bonchev–Trinajstić information content (AvgIpc) is 2.20. The summed E-state index contributed by atoms with van der Waals surface area (Å²) in [5.41, 5.74) is 6.45. The molecule has 2 N–H and O–H groups in total. The van der Waals surface area contributed by atoms with E-state index in [1.165, 1.54) is 12.1 Å². The van der Waals surface area contributed by atoms with Gasteiger partial charge in [0.15, 0.2) is 0 Å². The number of carbonyl (C=O) groups excluding carboxylic acids is 1. The average molecular weight is 261 g/mol.